The molecule has 0 saturated heterocycles. The van der Waals surface area contributed by atoms with Crippen LogP contribution in [0.4, 0.5) is 0 Å². The van der Waals surface area contributed by atoms with Crippen molar-refractivity contribution in [3.8, 4) is 0 Å². The number of fused-ring (bicyclic) bond motifs is 10. The first-order valence-corrected chi connectivity index (χ1v) is 20.6. The highest BCUT2D eigenvalue weighted by Gasteiger charge is 2.26. The highest BCUT2D eigenvalue weighted by molar-refractivity contribution is 5.97. The van der Waals surface area contributed by atoms with E-state index in [9.17, 15) is 19.8 Å². The largest absolute Gasteiger partial charge is 0.481 e. The SMILES string of the molecule is CC1=C(CCC(=O)O)c2cc3nc(cc4[nH]c(cc5[nH]c(cc1n2)c(C)c5C(C)c1c[nH]c2ccccc12)c(C)c4C(C)c1c[nH]c2ccccc12)C(C)=C3CCC(=O)O. The number of rotatable bonds is 10. The van der Waals surface area contributed by atoms with Gasteiger partial charge in [-0.3, -0.25) is 9.59 Å². The van der Waals surface area contributed by atoms with Gasteiger partial charge in [0.15, 0.2) is 0 Å². The fraction of sp³-hybridized carbons (Fsp3) is 0.240. The van der Waals surface area contributed by atoms with Crippen molar-refractivity contribution < 1.29 is 19.8 Å². The second-order valence-corrected chi connectivity index (χ2v) is 16.3. The van der Waals surface area contributed by atoms with Gasteiger partial charge in [0.1, 0.15) is 0 Å². The molecule has 2 unspecified atom stereocenters. The quantitative estimate of drug-likeness (QED) is 0.0807. The van der Waals surface area contributed by atoms with Crippen molar-refractivity contribution in [2.75, 3.05) is 0 Å². The highest BCUT2D eigenvalue weighted by Crippen LogP contribution is 2.42. The van der Waals surface area contributed by atoms with E-state index < -0.39 is 11.9 Å². The minimum Gasteiger partial charge on any atom is -0.481 e. The zero-order valence-corrected chi connectivity index (χ0v) is 34.7. The van der Waals surface area contributed by atoms with Crippen LogP contribution in [0.5, 0.6) is 0 Å². The highest BCUT2D eigenvalue weighted by atomic mass is 16.4. The van der Waals surface area contributed by atoms with Crippen LogP contribution in [0.3, 0.4) is 0 Å². The molecular formula is C50H48N6O4. The van der Waals surface area contributed by atoms with Crippen LogP contribution >= 0.6 is 0 Å². The Balaban J connectivity index is 1.38. The number of nitrogens with one attached hydrogen (secondary N) is 4. The molecule has 9 rings (SSSR count). The van der Waals surface area contributed by atoms with Gasteiger partial charge in [0.25, 0.3) is 0 Å². The maximum absolute atomic E-state index is 11.9. The molecule has 0 spiro atoms. The predicted molar refractivity (Wildman–Crippen MR) is 241 cm³/mol. The summed E-state index contributed by atoms with van der Waals surface area (Å²) in [5.41, 5.74) is 19.1. The van der Waals surface area contributed by atoms with Crippen molar-refractivity contribution >= 4 is 78.1 Å². The number of hydrogen-bond acceptors (Lipinski definition) is 4. The predicted octanol–water partition coefficient (Wildman–Crippen LogP) is 11.8. The average Bonchev–Trinajstić information content (AvgIpc) is 4.06. The molecule has 0 saturated carbocycles. The Morgan fingerprint density at radius 3 is 1.43 bits per heavy atom. The third-order valence-electron chi connectivity index (χ3n) is 12.9. The zero-order chi connectivity index (χ0) is 42.0. The van der Waals surface area contributed by atoms with E-state index in [-0.39, 0.29) is 24.7 Å². The van der Waals surface area contributed by atoms with Crippen molar-refractivity contribution in [3.63, 3.8) is 0 Å². The van der Waals surface area contributed by atoms with Crippen molar-refractivity contribution in [2.45, 2.75) is 79.1 Å². The summed E-state index contributed by atoms with van der Waals surface area (Å²) in [5, 5.41) is 21.9. The first-order chi connectivity index (χ1) is 28.9. The molecule has 6 N–H and O–H groups in total. The van der Waals surface area contributed by atoms with E-state index in [0.29, 0.717) is 24.2 Å². The van der Waals surface area contributed by atoms with Crippen molar-refractivity contribution in [3.05, 3.63) is 141 Å². The summed E-state index contributed by atoms with van der Waals surface area (Å²) in [6.07, 6.45) is 4.70. The lowest BCUT2D eigenvalue weighted by Crippen LogP contribution is -1.97. The van der Waals surface area contributed by atoms with E-state index in [0.717, 1.165) is 83.5 Å². The average molecular weight is 797 g/mol. The molecule has 0 amide bonds. The van der Waals surface area contributed by atoms with Gasteiger partial charge in [0, 0.05) is 80.9 Å². The van der Waals surface area contributed by atoms with Crippen molar-refractivity contribution in [1.29, 1.82) is 0 Å². The molecule has 2 aliphatic rings. The van der Waals surface area contributed by atoms with E-state index >= 15 is 0 Å². The Kier molecular flexibility index (Phi) is 9.66. The monoisotopic (exact) mass is 796 g/mol. The van der Waals surface area contributed by atoms with Gasteiger partial charge in [-0.2, -0.15) is 0 Å². The summed E-state index contributed by atoms with van der Waals surface area (Å²) < 4.78 is 0. The molecule has 2 aromatic carbocycles. The molecule has 0 radical (unpaired) electrons. The Morgan fingerprint density at radius 2 is 0.967 bits per heavy atom. The number of aliphatic carboxylic acids is 2. The lowest BCUT2D eigenvalue weighted by Gasteiger charge is -2.12. The maximum Gasteiger partial charge on any atom is 0.303 e. The number of hydrogen-bond donors (Lipinski definition) is 6. The van der Waals surface area contributed by atoms with Gasteiger partial charge in [0.05, 0.1) is 22.8 Å². The minimum absolute atomic E-state index is 0.00838. The molecule has 0 fully saturated rings. The molecule has 10 heteroatoms. The fourth-order valence-electron chi connectivity index (χ4n) is 9.57. The number of carboxylic acid groups (broad SMARTS) is 2. The van der Waals surface area contributed by atoms with Crippen LogP contribution in [-0.4, -0.2) is 52.1 Å². The standard InChI is InChI=1S/C50H48N6O4/c1-25-31(15-17-47(57)58)43-22-44-32(16-18-48(59)60)26(2)40(54-44)20-45-50(28(4)36-24-52-38-14-10-8-12-34(36)38)30(6)42(56-45)21-46-49(29(5)41(55-46)19-39(25)53-43)27(3)35-23-51-37-13-9-7-11-33(35)37/h7-14,19-24,27-28,51-52,55-56H,15-18H2,1-6H3,(H,57,58)(H,59,60). The topological polar surface area (TPSA) is 164 Å². The number of para-hydroxylation sites is 2. The normalized spacial score (nSPS) is 14.1. The summed E-state index contributed by atoms with van der Waals surface area (Å²) in [6, 6.07) is 25.1. The number of aromatic amines is 4. The van der Waals surface area contributed by atoms with E-state index in [1.54, 1.807) is 0 Å². The molecule has 60 heavy (non-hydrogen) atoms. The molecule has 302 valence electrons. The number of aromatic nitrogens is 6. The number of H-pyrrole nitrogens is 4. The number of carbonyl (C=O) groups is 2. The van der Waals surface area contributed by atoms with Gasteiger partial charge >= 0.3 is 11.9 Å². The van der Waals surface area contributed by atoms with Crippen LogP contribution in [0, 0.1) is 13.8 Å². The smallest absolute Gasteiger partial charge is 0.303 e. The first kappa shape index (κ1) is 38.6. The zero-order valence-electron chi connectivity index (χ0n) is 34.7. The Bertz CT molecular complexity index is 3150. The van der Waals surface area contributed by atoms with Crippen LogP contribution in [0.1, 0.15) is 121 Å². The molecule has 7 heterocycles. The van der Waals surface area contributed by atoms with Crippen LogP contribution in [0.2, 0.25) is 0 Å². The lowest BCUT2D eigenvalue weighted by molar-refractivity contribution is -0.137. The number of benzene rings is 2. The molecule has 7 aromatic rings. The van der Waals surface area contributed by atoms with Crippen LogP contribution in [0.25, 0.3) is 66.2 Å². The molecular weight excluding hydrogens is 749 g/mol. The van der Waals surface area contributed by atoms with Crippen LogP contribution < -0.4 is 0 Å². The number of carboxylic acids is 2. The molecule has 2 atom stereocenters. The van der Waals surface area contributed by atoms with Crippen molar-refractivity contribution in [1.82, 2.24) is 29.9 Å². The van der Waals surface area contributed by atoms with Gasteiger partial charge in [-0.05, 0) is 133 Å². The number of allylic oxidation sites excluding steroid dienone is 4. The lowest BCUT2D eigenvalue weighted by atomic mass is 9.90. The molecule has 10 nitrogen and oxygen atoms in total. The Morgan fingerprint density at radius 1 is 0.550 bits per heavy atom. The second-order valence-electron chi connectivity index (χ2n) is 16.3. The van der Waals surface area contributed by atoms with Gasteiger partial charge in [0.2, 0.25) is 0 Å². The van der Waals surface area contributed by atoms with Crippen LogP contribution in [-0.2, 0) is 9.59 Å². The molecule has 0 aliphatic carbocycles. The van der Waals surface area contributed by atoms with Gasteiger partial charge < -0.3 is 30.1 Å². The second kappa shape index (κ2) is 15.0. The summed E-state index contributed by atoms with van der Waals surface area (Å²) in [4.78, 5) is 48.8. The summed E-state index contributed by atoms with van der Waals surface area (Å²) in [5.74, 6) is -1.77. The number of nitrogens with zero attached hydrogens (tertiary/aromatic N) is 2. The third-order valence-corrected chi connectivity index (χ3v) is 12.9. The van der Waals surface area contributed by atoms with Gasteiger partial charge in [-0.15, -0.1) is 0 Å². The van der Waals surface area contributed by atoms with Gasteiger partial charge in [-0.1, -0.05) is 50.2 Å². The van der Waals surface area contributed by atoms with E-state index in [1.165, 1.54) is 27.5 Å². The van der Waals surface area contributed by atoms with E-state index in [2.05, 4.69) is 115 Å². The molecule has 8 bridgehead atoms. The maximum atomic E-state index is 11.9. The Labute approximate surface area is 347 Å². The fourth-order valence-corrected chi connectivity index (χ4v) is 9.57. The number of aryl methyl sites for hydroxylation is 2. The summed E-state index contributed by atoms with van der Waals surface area (Å²) in [7, 11) is 0. The Hall–Kier alpha value is -6.94. The van der Waals surface area contributed by atoms with E-state index in [4.69, 9.17) is 9.97 Å². The summed E-state index contributed by atoms with van der Waals surface area (Å²) in [6.45, 7) is 12.8. The van der Waals surface area contributed by atoms with Gasteiger partial charge in [-0.25, -0.2) is 9.97 Å². The van der Waals surface area contributed by atoms with Crippen molar-refractivity contribution in [2.24, 2.45) is 0 Å². The first-order valence-electron chi connectivity index (χ1n) is 20.6. The summed E-state index contributed by atoms with van der Waals surface area (Å²) >= 11 is 0. The van der Waals surface area contributed by atoms with Crippen LogP contribution in [0.15, 0.2) is 85.2 Å². The molecule has 2 aliphatic heterocycles. The third kappa shape index (κ3) is 6.62. The van der Waals surface area contributed by atoms with E-state index in [1.807, 2.05) is 32.0 Å². The minimum atomic E-state index is -0.888. The molecule has 5 aromatic heterocycles.